The maximum absolute atomic E-state index is 12.2. The summed E-state index contributed by atoms with van der Waals surface area (Å²) in [6.45, 7) is -0.127. The fourth-order valence-electron chi connectivity index (χ4n) is 2.45. The first kappa shape index (κ1) is 16.3. The summed E-state index contributed by atoms with van der Waals surface area (Å²) in [7, 11) is 0. The van der Waals surface area contributed by atoms with Crippen LogP contribution in [0.2, 0.25) is 0 Å². The highest BCUT2D eigenvalue weighted by Gasteiger charge is 2.09. The number of nitrogens with one attached hydrogen (secondary N) is 1. The summed E-state index contributed by atoms with van der Waals surface area (Å²) < 4.78 is 5.46. The van der Waals surface area contributed by atoms with Gasteiger partial charge in [0.1, 0.15) is 5.75 Å². The molecule has 3 aromatic rings. The van der Waals surface area contributed by atoms with Gasteiger partial charge in [0.05, 0.1) is 11.6 Å². The molecule has 122 valence electrons. The summed E-state index contributed by atoms with van der Waals surface area (Å²) in [5.74, 6) is 0.233. The minimum absolute atomic E-state index is 0.127. The van der Waals surface area contributed by atoms with Crippen molar-refractivity contribution in [2.24, 2.45) is 0 Å². The van der Waals surface area contributed by atoms with Crippen molar-refractivity contribution in [2.75, 3.05) is 11.9 Å². The quantitative estimate of drug-likeness (QED) is 0.762. The molecular weight excluding hydrogens is 312 g/mol. The third-order valence-corrected chi connectivity index (χ3v) is 3.62. The van der Waals surface area contributed by atoms with Crippen LogP contribution in [0.15, 0.2) is 78.9 Å². The number of anilines is 1. The fraction of sp³-hybridized carbons (Fsp3) is 0.0476. The van der Waals surface area contributed by atoms with E-state index in [1.54, 1.807) is 24.3 Å². The minimum Gasteiger partial charge on any atom is -0.484 e. The Kier molecular flexibility index (Phi) is 5.08. The van der Waals surface area contributed by atoms with Crippen molar-refractivity contribution < 1.29 is 9.53 Å². The number of ether oxygens (including phenoxy) is 1. The van der Waals surface area contributed by atoms with E-state index >= 15 is 0 Å². The monoisotopic (exact) mass is 328 g/mol. The molecule has 3 rings (SSSR count). The lowest BCUT2D eigenvalue weighted by molar-refractivity contribution is -0.118. The van der Waals surface area contributed by atoms with Gasteiger partial charge in [-0.2, -0.15) is 5.26 Å². The third kappa shape index (κ3) is 4.24. The van der Waals surface area contributed by atoms with Gasteiger partial charge in [0.15, 0.2) is 6.61 Å². The third-order valence-electron chi connectivity index (χ3n) is 3.62. The van der Waals surface area contributed by atoms with E-state index in [2.05, 4.69) is 5.32 Å². The molecule has 0 aliphatic heterocycles. The number of amides is 1. The Balaban J connectivity index is 1.68. The molecule has 0 radical (unpaired) electrons. The van der Waals surface area contributed by atoms with Crippen LogP contribution >= 0.6 is 0 Å². The van der Waals surface area contributed by atoms with E-state index in [0.717, 1.165) is 16.8 Å². The molecule has 3 aromatic carbocycles. The lowest BCUT2D eigenvalue weighted by Crippen LogP contribution is -2.20. The van der Waals surface area contributed by atoms with Crippen LogP contribution in [0.5, 0.6) is 5.75 Å². The molecule has 0 spiro atoms. The Bertz CT molecular complexity index is 914. The van der Waals surface area contributed by atoms with Crippen LogP contribution in [0, 0.1) is 11.3 Å². The summed E-state index contributed by atoms with van der Waals surface area (Å²) in [5.41, 5.74) is 3.20. The van der Waals surface area contributed by atoms with Crippen molar-refractivity contribution in [2.45, 2.75) is 0 Å². The van der Waals surface area contributed by atoms with Crippen molar-refractivity contribution in [3.8, 4) is 22.9 Å². The highest BCUT2D eigenvalue weighted by molar-refractivity contribution is 5.96. The van der Waals surface area contributed by atoms with Gasteiger partial charge in [0.25, 0.3) is 5.91 Å². The predicted molar refractivity (Wildman–Crippen MR) is 97.2 cm³/mol. The molecule has 0 saturated heterocycles. The molecule has 0 aliphatic carbocycles. The largest absolute Gasteiger partial charge is 0.484 e. The first-order valence-electron chi connectivity index (χ1n) is 7.83. The molecule has 25 heavy (non-hydrogen) atoms. The zero-order valence-corrected chi connectivity index (χ0v) is 13.5. The normalized spacial score (nSPS) is 9.88. The predicted octanol–water partition coefficient (Wildman–Crippen LogP) is 4.24. The van der Waals surface area contributed by atoms with E-state index in [9.17, 15) is 4.79 Å². The Morgan fingerprint density at radius 1 is 0.960 bits per heavy atom. The number of hydrogen-bond donors (Lipinski definition) is 1. The maximum atomic E-state index is 12.2. The van der Waals surface area contributed by atoms with Crippen molar-refractivity contribution >= 4 is 11.6 Å². The van der Waals surface area contributed by atoms with Crippen molar-refractivity contribution in [1.29, 1.82) is 5.26 Å². The van der Waals surface area contributed by atoms with Gasteiger partial charge < -0.3 is 10.1 Å². The van der Waals surface area contributed by atoms with Crippen molar-refractivity contribution in [1.82, 2.24) is 0 Å². The Labute approximate surface area is 146 Å². The second kappa shape index (κ2) is 7.80. The number of carbonyl (C=O) groups excluding carboxylic acids is 1. The van der Waals surface area contributed by atoms with Crippen LogP contribution in [0.1, 0.15) is 5.56 Å². The van der Waals surface area contributed by atoms with Gasteiger partial charge in [-0.3, -0.25) is 4.79 Å². The van der Waals surface area contributed by atoms with E-state index in [-0.39, 0.29) is 12.5 Å². The topological polar surface area (TPSA) is 62.1 Å². The van der Waals surface area contributed by atoms with E-state index in [1.165, 1.54) is 0 Å². The Morgan fingerprint density at radius 3 is 2.52 bits per heavy atom. The average molecular weight is 328 g/mol. The molecule has 0 bridgehead atoms. The van der Waals surface area contributed by atoms with E-state index in [0.29, 0.717) is 11.3 Å². The van der Waals surface area contributed by atoms with E-state index in [1.807, 2.05) is 60.7 Å². The molecule has 1 N–H and O–H groups in total. The van der Waals surface area contributed by atoms with E-state index in [4.69, 9.17) is 10.00 Å². The summed E-state index contributed by atoms with van der Waals surface area (Å²) >= 11 is 0. The molecule has 0 heterocycles. The molecule has 0 aliphatic rings. The standard InChI is InChI=1S/C21H16N2O2/c22-14-16-7-6-10-18(13-16)25-15-21(24)23-20-12-5-4-11-19(20)17-8-2-1-3-9-17/h1-13H,15H2,(H,23,24). The van der Waals surface area contributed by atoms with Crippen LogP contribution in [0.25, 0.3) is 11.1 Å². The summed E-state index contributed by atoms with van der Waals surface area (Å²) in [6, 6.07) is 26.2. The number of carbonyl (C=O) groups is 1. The van der Waals surface area contributed by atoms with Crippen molar-refractivity contribution in [3.05, 3.63) is 84.4 Å². The van der Waals surface area contributed by atoms with E-state index < -0.39 is 0 Å². The summed E-state index contributed by atoms with van der Waals surface area (Å²) in [4.78, 5) is 12.2. The molecular formula is C21H16N2O2. The minimum atomic E-state index is -0.259. The molecule has 4 nitrogen and oxygen atoms in total. The Morgan fingerprint density at radius 2 is 1.72 bits per heavy atom. The highest BCUT2D eigenvalue weighted by atomic mass is 16.5. The van der Waals surface area contributed by atoms with Gasteiger partial charge >= 0.3 is 0 Å². The number of para-hydroxylation sites is 1. The van der Waals surface area contributed by atoms with Gasteiger partial charge in [-0.05, 0) is 29.8 Å². The number of nitriles is 1. The molecule has 0 atom stereocenters. The number of nitrogens with zero attached hydrogens (tertiary/aromatic N) is 1. The molecule has 0 fully saturated rings. The summed E-state index contributed by atoms with van der Waals surface area (Å²) in [6.07, 6.45) is 0. The second-order valence-corrected chi connectivity index (χ2v) is 5.39. The van der Waals surface area contributed by atoms with Crippen LogP contribution in [0.4, 0.5) is 5.69 Å². The van der Waals surface area contributed by atoms with Crippen LogP contribution in [-0.4, -0.2) is 12.5 Å². The van der Waals surface area contributed by atoms with Gasteiger partial charge in [-0.25, -0.2) is 0 Å². The van der Waals surface area contributed by atoms with Gasteiger partial charge in [-0.1, -0.05) is 54.6 Å². The average Bonchev–Trinajstić information content (AvgIpc) is 2.68. The number of hydrogen-bond acceptors (Lipinski definition) is 3. The molecule has 0 aromatic heterocycles. The molecule has 1 amide bonds. The van der Waals surface area contributed by atoms with Crippen LogP contribution in [-0.2, 0) is 4.79 Å². The maximum Gasteiger partial charge on any atom is 0.262 e. The van der Waals surface area contributed by atoms with Crippen LogP contribution < -0.4 is 10.1 Å². The highest BCUT2D eigenvalue weighted by Crippen LogP contribution is 2.27. The zero-order chi connectivity index (χ0) is 17.5. The first-order chi connectivity index (χ1) is 12.3. The zero-order valence-electron chi connectivity index (χ0n) is 13.5. The number of rotatable bonds is 5. The van der Waals surface area contributed by atoms with Crippen molar-refractivity contribution in [3.63, 3.8) is 0 Å². The van der Waals surface area contributed by atoms with Gasteiger partial charge in [0.2, 0.25) is 0 Å². The SMILES string of the molecule is N#Cc1cccc(OCC(=O)Nc2ccccc2-c2ccccc2)c1. The smallest absolute Gasteiger partial charge is 0.262 e. The first-order valence-corrected chi connectivity index (χ1v) is 7.83. The lowest BCUT2D eigenvalue weighted by Gasteiger charge is -2.12. The lowest BCUT2D eigenvalue weighted by atomic mass is 10.0. The summed E-state index contributed by atoms with van der Waals surface area (Å²) in [5, 5.41) is 11.8. The Hall–Kier alpha value is -3.58. The number of benzene rings is 3. The van der Waals surface area contributed by atoms with Gasteiger partial charge in [-0.15, -0.1) is 0 Å². The van der Waals surface area contributed by atoms with Gasteiger partial charge in [0, 0.05) is 11.3 Å². The molecule has 0 unspecified atom stereocenters. The van der Waals surface area contributed by atoms with Crippen LogP contribution in [0.3, 0.4) is 0 Å². The second-order valence-electron chi connectivity index (χ2n) is 5.39. The molecule has 4 heteroatoms. The fourth-order valence-corrected chi connectivity index (χ4v) is 2.45. The molecule has 0 saturated carbocycles.